The second-order valence-electron chi connectivity index (χ2n) is 6.92. The fourth-order valence-corrected chi connectivity index (χ4v) is 4.57. The number of nitrogens with zero attached hydrogens (tertiary/aromatic N) is 2. The quantitative estimate of drug-likeness (QED) is 0.202. The van der Waals surface area contributed by atoms with Crippen LogP contribution in [0.5, 0.6) is 0 Å². The van der Waals surface area contributed by atoms with Crippen LogP contribution >= 0.6 is 12.6 Å². The number of sulfonamides is 1. The number of hydrogen-bond acceptors (Lipinski definition) is 9. The second kappa shape index (κ2) is 9.10. The Labute approximate surface area is 180 Å². The molecule has 2 rings (SSSR count). The summed E-state index contributed by atoms with van der Waals surface area (Å²) in [7, 11) is -2.80. The molecular formula is C16H18F3N3O7S2. The molecule has 1 heterocycles. The highest BCUT2D eigenvalue weighted by atomic mass is 32.2. The lowest BCUT2D eigenvalue weighted by Gasteiger charge is -2.41. The zero-order chi connectivity index (χ0) is 23.6. The molecule has 1 saturated heterocycles. The molecule has 0 unspecified atom stereocenters. The maximum atomic E-state index is 12.7. The normalized spacial score (nSPS) is 18.2. The number of ether oxygens (including phenoxy) is 1. The number of nitrogens with one attached hydrogen (secondary N) is 1. The van der Waals surface area contributed by atoms with Crippen LogP contribution in [0.1, 0.15) is 12.8 Å². The predicted molar refractivity (Wildman–Crippen MR) is 103 cm³/mol. The first kappa shape index (κ1) is 25.0. The number of carbonyl (C=O) groups is 2. The first-order valence-corrected chi connectivity index (χ1v) is 10.6. The van der Waals surface area contributed by atoms with Gasteiger partial charge in [-0.3, -0.25) is 10.1 Å². The third kappa shape index (κ3) is 6.15. The molecule has 31 heavy (non-hydrogen) atoms. The number of alkyl halides is 3. The maximum absolute atomic E-state index is 12.7. The average molecular weight is 485 g/mol. The van der Waals surface area contributed by atoms with E-state index in [0.29, 0.717) is 13.1 Å². The van der Waals surface area contributed by atoms with Crippen LogP contribution in [0.15, 0.2) is 29.2 Å². The molecule has 1 aliphatic heterocycles. The number of benzene rings is 1. The molecule has 0 saturated carbocycles. The van der Waals surface area contributed by atoms with E-state index in [1.165, 1.54) is 0 Å². The van der Waals surface area contributed by atoms with E-state index in [-0.39, 0.29) is 12.8 Å². The monoisotopic (exact) mass is 485 g/mol. The van der Waals surface area contributed by atoms with E-state index < -0.39 is 54.4 Å². The van der Waals surface area contributed by atoms with Crippen molar-refractivity contribution in [2.75, 3.05) is 20.1 Å². The summed E-state index contributed by atoms with van der Waals surface area (Å²) in [6.07, 6.45) is -5.28. The fraction of sp³-hybridized carbons (Fsp3) is 0.500. The van der Waals surface area contributed by atoms with Gasteiger partial charge in [0.2, 0.25) is 10.0 Å². The molecule has 1 aliphatic rings. The molecule has 1 atom stereocenters. The Morgan fingerprint density at radius 3 is 2.23 bits per heavy atom. The molecule has 1 N–H and O–H groups in total. The van der Waals surface area contributed by atoms with Crippen LogP contribution in [0.2, 0.25) is 0 Å². The minimum Gasteiger partial charge on any atom is -0.385 e. The summed E-state index contributed by atoms with van der Waals surface area (Å²) in [4.78, 5) is 34.9. The van der Waals surface area contributed by atoms with Crippen molar-refractivity contribution >= 4 is 40.3 Å². The molecule has 0 aromatic heterocycles. The van der Waals surface area contributed by atoms with Crippen LogP contribution in [0, 0.1) is 10.1 Å². The van der Waals surface area contributed by atoms with Gasteiger partial charge in [0.1, 0.15) is 6.04 Å². The minimum atomic E-state index is -5.46. The molecule has 172 valence electrons. The molecule has 10 nitrogen and oxygen atoms in total. The van der Waals surface area contributed by atoms with E-state index in [1.54, 1.807) is 7.05 Å². The standard InChI is InChI=1S/C16H18F3N3O7S2/c1-21-8-6-15(30,7-9-21)12(13(23)29-14(24)16(17,18)19)20-31(27,28)11-4-2-10(3-5-11)22(25)26/h2-5,12,20,30H,6-9H2,1H3/t12-/m0/s1. The van der Waals surface area contributed by atoms with Crippen LogP contribution in [-0.4, -0.2) is 67.3 Å². The number of hydrogen-bond donors (Lipinski definition) is 2. The van der Waals surface area contributed by atoms with Gasteiger partial charge in [-0.1, -0.05) is 0 Å². The van der Waals surface area contributed by atoms with E-state index in [2.05, 4.69) is 17.4 Å². The molecule has 1 fully saturated rings. The number of thiol groups is 1. The van der Waals surface area contributed by atoms with E-state index in [0.717, 1.165) is 24.3 Å². The summed E-state index contributed by atoms with van der Waals surface area (Å²) >= 11 is 4.35. The average Bonchev–Trinajstić information content (AvgIpc) is 2.67. The number of non-ortho nitro benzene ring substituents is 1. The van der Waals surface area contributed by atoms with E-state index >= 15 is 0 Å². The van der Waals surface area contributed by atoms with Crippen molar-refractivity contribution < 1.29 is 40.8 Å². The van der Waals surface area contributed by atoms with E-state index in [4.69, 9.17) is 0 Å². The lowest BCUT2D eigenvalue weighted by Crippen LogP contribution is -2.58. The predicted octanol–water partition coefficient (Wildman–Crippen LogP) is 1.27. The molecule has 0 aliphatic carbocycles. The zero-order valence-electron chi connectivity index (χ0n) is 16.0. The van der Waals surface area contributed by atoms with Gasteiger partial charge in [0.05, 0.1) is 9.82 Å². The van der Waals surface area contributed by atoms with Gasteiger partial charge in [0.15, 0.2) is 0 Å². The molecule has 0 radical (unpaired) electrons. The summed E-state index contributed by atoms with van der Waals surface area (Å²) in [5.41, 5.74) is -0.397. The van der Waals surface area contributed by atoms with Gasteiger partial charge in [0.25, 0.3) is 5.69 Å². The van der Waals surface area contributed by atoms with Crippen molar-refractivity contribution in [2.24, 2.45) is 0 Å². The first-order valence-electron chi connectivity index (χ1n) is 8.66. The lowest BCUT2D eigenvalue weighted by molar-refractivity contribution is -0.384. The zero-order valence-corrected chi connectivity index (χ0v) is 17.7. The summed E-state index contributed by atoms with van der Waals surface area (Å²) in [5, 5.41) is 10.7. The first-order chi connectivity index (χ1) is 14.2. The second-order valence-corrected chi connectivity index (χ2v) is 9.52. The van der Waals surface area contributed by atoms with Gasteiger partial charge in [-0.2, -0.15) is 30.5 Å². The van der Waals surface area contributed by atoms with Crippen LogP contribution in [0.3, 0.4) is 0 Å². The third-order valence-electron chi connectivity index (χ3n) is 4.68. The van der Waals surface area contributed by atoms with Gasteiger partial charge < -0.3 is 9.64 Å². The molecule has 0 amide bonds. The lowest BCUT2D eigenvalue weighted by atomic mass is 9.88. The van der Waals surface area contributed by atoms with E-state index in [9.17, 15) is 41.3 Å². The van der Waals surface area contributed by atoms with Crippen molar-refractivity contribution in [1.82, 2.24) is 9.62 Å². The van der Waals surface area contributed by atoms with E-state index in [1.807, 2.05) is 9.62 Å². The van der Waals surface area contributed by atoms with Gasteiger partial charge in [-0.05, 0) is 45.1 Å². The number of piperidine rings is 1. The minimum absolute atomic E-state index is 0.0926. The fourth-order valence-electron chi connectivity index (χ4n) is 2.85. The van der Waals surface area contributed by atoms with Crippen LogP contribution in [-0.2, 0) is 24.3 Å². The van der Waals surface area contributed by atoms with Gasteiger partial charge >= 0.3 is 18.1 Å². The molecule has 1 aromatic carbocycles. The van der Waals surface area contributed by atoms with Crippen molar-refractivity contribution in [3.05, 3.63) is 34.4 Å². The Bertz CT molecular complexity index is 960. The largest absolute Gasteiger partial charge is 0.491 e. The summed E-state index contributed by atoms with van der Waals surface area (Å²) < 4.78 is 67.4. The summed E-state index contributed by atoms with van der Waals surface area (Å²) in [5.74, 6) is -4.55. The molecule has 15 heteroatoms. The van der Waals surface area contributed by atoms with Gasteiger partial charge in [-0.15, -0.1) is 0 Å². The number of rotatable bonds is 6. The number of likely N-dealkylation sites (tertiary alicyclic amines) is 1. The van der Waals surface area contributed by atoms with Crippen molar-refractivity contribution in [1.29, 1.82) is 0 Å². The van der Waals surface area contributed by atoms with Crippen molar-refractivity contribution in [3.63, 3.8) is 0 Å². The topological polar surface area (TPSA) is 136 Å². The number of nitro groups is 1. The maximum Gasteiger partial charge on any atom is 0.491 e. The Balaban J connectivity index is 2.36. The SMILES string of the molecule is CN1CCC(S)([C@@H](NS(=O)(=O)c2ccc([N+](=O)[O-])cc2)C(=O)OC(=O)C(F)(F)F)CC1. The van der Waals surface area contributed by atoms with Crippen LogP contribution in [0.4, 0.5) is 18.9 Å². The Morgan fingerprint density at radius 2 is 1.77 bits per heavy atom. The van der Waals surface area contributed by atoms with Crippen LogP contribution in [0.25, 0.3) is 0 Å². The van der Waals surface area contributed by atoms with Crippen molar-refractivity contribution in [2.45, 2.75) is 34.7 Å². The molecule has 0 spiro atoms. The molecule has 1 aromatic rings. The van der Waals surface area contributed by atoms with Crippen molar-refractivity contribution in [3.8, 4) is 0 Å². The number of carbonyl (C=O) groups excluding carboxylic acids is 2. The number of halogens is 3. The Kier molecular flexibility index (Phi) is 7.35. The third-order valence-corrected chi connectivity index (χ3v) is 6.83. The molecular weight excluding hydrogens is 467 g/mol. The highest BCUT2D eigenvalue weighted by Gasteiger charge is 2.49. The molecule has 0 bridgehead atoms. The highest BCUT2D eigenvalue weighted by molar-refractivity contribution is 7.89. The summed E-state index contributed by atoms with van der Waals surface area (Å²) in [6, 6.07) is 1.66. The summed E-state index contributed by atoms with van der Waals surface area (Å²) in [6.45, 7) is 0.694. The Morgan fingerprint density at radius 1 is 1.26 bits per heavy atom. The highest BCUT2D eigenvalue weighted by Crippen LogP contribution is 2.34. The number of nitro benzene ring substituents is 1. The smallest absolute Gasteiger partial charge is 0.385 e. The van der Waals surface area contributed by atoms with Gasteiger partial charge in [0, 0.05) is 16.9 Å². The number of esters is 2. The Hall–Kier alpha value is -2.23. The van der Waals surface area contributed by atoms with Crippen LogP contribution < -0.4 is 4.72 Å². The van der Waals surface area contributed by atoms with Gasteiger partial charge in [-0.25, -0.2) is 18.0 Å².